The van der Waals surface area contributed by atoms with Gasteiger partial charge in [-0.2, -0.15) is 22.0 Å². The standard InChI is InChI=1S/C13H17F5N2O5S2/c14-12(15,26(22,23)20-27(24,25)13(16,17)18)11(21)19-10-8-2-6-1-7(4-8)5-9(10)3-6/h6-10,20H,1-5H2,(H,19,21). The highest BCUT2D eigenvalue weighted by Gasteiger charge is 2.60. The molecule has 4 aliphatic rings. The molecule has 4 aliphatic carbocycles. The number of carbonyl (C=O) groups excluding carboxylic acids is 1. The number of amides is 1. The molecule has 0 heterocycles. The van der Waals surface area contributed by atoms with Gasteiger partial charge < -0.3 is 5.32 Å². The largest absolute Gasteiger partial charge is 0.512 e. The summed E-state index contributed by atoms with van der Waals surface area (Å²) in [4.78, 5) is 11.9. The lowest BCUT2D eigenvalue weighted by molar-refractivity contribution is -0.139. The Hall–Kier alpha value is -1.02. The lowest BCUT2D eigenvalue weighted by Gasteiger charge is -2.54. The maximum Gasteiger partial charge on any atom is 0.512 e. The van der Waals surface area contributed by atoms with Gasteiger partial charge in [0.05, 0.1) is 0 Å². The van der Waals surface area contributed by atoms with Crippen LogP contribution in [0.2, 0.25) is 0 Å². The SMILES string of the molecule is O=C(NC1C2CC3CC(C2)CC1C3)C(F)(F)S(=O)(=O)NS(=O)(=O)C(F)(F)F. The topological polar surface area (TPSA) is 109 Å². The molecule has 0 aromatic carbocycles. The second-order valence-corrected chi connectivity index (χ2v) is 11.1. The van der Waals surface area contributed by atoms with Crippen LogP contribution in [0.25, 0.3) is 0 Å². The van der Waals surface area contributed by atoms with Crippen LogP contribution < -0.4 is 9.44 Å². The molecule has 2 N–H and O–H groups in total. The van der Waals surface area contributed by atoms with E-state index in [1.54, 1.807) is 0 Å². The van der Waals surface area contributed by atoms with Crippen LogP contribution in [0.15, 0.2) is 0 Å². The Morgan fingerprint density at radius 2 is 1.22 bits per heavy atom. The highest BCUT2D eigenvalue weighted by atomic mass is 32.3. The van der Waals surface area contributed by atoms with Crippen molar-refractivity contribution >= 4 is 26.0 Å². The van der Waals surface area contributed by atoms with Crippen molar-refractivity contribution in [2.45, 2.75) is 48.9 Å². The number of sulfonamides is 2. The predicted molar refractivity (Wildman–Crippen MR) is 81.0 cm³/mol. The summed E-state index contributed by atoms with van der Waals surface area (Å²) in [7, 11) is -13.1. The van der Waals surface area contributed by atoms with Crippen LogP contribution in [-0.2, 0) is 24.8 Å². The van der Waals surface area contributed by atoms with Gasteiger partial charge in [-0.05, 0) is 55.8 Å². The van der Waals surface area contributed by atoms with Gasteiger partial charge in [0.1, 0.15) is 0 Å². The predicted octanol–water partition coefficient (Wildman–Crippen LogP) is 1.29. The van der Waals surface area contributed by atoms with Gasteiger partial charge in [-0.3, -0.25) is 4.79 Å². The zero-order valence-electron chi connectivity index (χ0n) is 13.7. The van der Waals surface area contributed by atoms with Crippen molar-refractivity contribution in [3.63, 3.8) is 0 Å². The summed E-state index contributed by atoms with van der Waals surface area (Å²) in [6.07, 6.45) is 3.86. The van der Waals surface area contributed by atoms with Crippen molar-refractivity contribution < 1.29 is 43.6 Å². The van der Waals surface area contributed by atoms with Gasteiger partial charge in [0.15, 0.2) is 0 Å². The average Bonchev–Trinajstić information content (AvgIpc) is 2.47. The van der Waals surface area contributed by atoms with E-state index < -0.39 is 42.8 Å². The molecule has 1 amide bonds. The van der Waals surface area contributed by atoms with Crippen molar-refractivity contribution in [1.29, 1.82) is 0 Å². The summed E-state index contributed by atoms with van der Waals surface area (Å²) in [5, 5.41) is -3.44. The summed E-state index contributed by atoms with van der Waals surface area (Å²) < 4.78 is 109. The average molecular weight is 440 g/mol. The van der Waals surface area contributed by atoms with Gasteiger partial charge in [0.25, 0.3) is 0 Å². The number of nitrogens with one attached hydrogen (secondary N) is 2. The summed E-state index contributed by atoms with van der Waals surface area (Å²) in [5.41, 5.74) is -6.13. The molecular formula is C13H17F5N2O5S2. The third-order valence-electron chi connectivity index (χ3n) is 5.65. The molecule has 0 saturated heterocycles. The van der Waals surface area contributed by atoms with Crippen molar-refractivity contribution in [3.8, 4) is 0 Å². The number of halogens is 5. The fourth-order valence-electron chi connectivity index (χ4n) is 4.76. The summed E-state index contributed by atoms with van der Waals surface area (Å²) in [6.45, 7) is 0. The van der Waals surface area contributed by atoms with Crippen LogP contribution in [0.1, 0.15) is 32.1 Å². The molecule has 0 atom stereocenters. The van der Waals surface area contributed by atoms with E-state index in [9.17, 15) is 43.6 Å². The molecule has 0 aromatic heterocycles. The second-order valence-electron chi connectivity index (χ2n) is 7.48. The van der Waals surface area contributed by atoms with Crippen LogP contribution >= 0.6 is 0 Å². The van der Waals surface area contributed by atoms with E-state index in [0.29, 0.717) is 37.5 Å². The summed E-state index contributed by atoms with van der Waals surface area (Å²) in [6, 6.07) is -0.703. The molecule has 14 heteroatoms. The van der Waals surface area contributed by atoms with Crippen molar-refractivity contribution in [3.05, 3.63) is 0 Å². The number of hydrogen-bond donors (Lipinski definition) is 2. The van der Waals surface area contributed by atoms with Crippen molar-refractivity contribution in [2.75, 3.05) is 0 Å². The minimum atomic E-state index is -6.62. The minimum absolute atomic E-state index is 0.0959. The molecule has 4 bridgehead atoms. The number of alkyl halides is 5. The molecule has 27 heavy (non-hydrogen) atoms. The van der Waals surface area contributed by atoms with Crippen LogP contribution in [-0.4, -0.2) is 39.5 Å². The molecule has 7 nitrogen and oxygen atoms in total. The molecule has 0 unspecified atom stereocenters. The third kappa shape index (κ3) is 3.55. The van der Waals surface area contributed by atoms with E-state index in [4.69, 9.17) is 0 Å². The van der Waals surface area contributed by atoms with E-state index in [-0.39, 0.29) is 16.0 Å². The number of carbonyl (C=O) groups is 1. The smallest absolute Gasteiger partial charge is 0.347 e. The van der Waals surface area contributed by atoms with Crippen LogP contribution in [0.5, 0.6) is 0 Å². The van der Waals surface area contributed by atoms with Crippen LogP contribution in [0, 0.1) is 23.7 Å². The highest BCUT2D eigenvalue weighted by Crippen LogP contribution is 2.53. The van der Waals surface area contributed by atoms with Crippen molar-refractivity contribution in [1.82, 2.24) is 9.44 Å². The van der Waals surface area contributed by atoms with Gasteiger partial charge in [-0.25, -0.2) is 16.8 Å². The normalized spacial score (nSPS) is 33.9. The Morgan fingerprint density at radius 3 is 1.63 bits per heavy atom. The zero-order valence-corrected chi connectivity index (χ0v) is 15.3. The van der Waals surface area contributed by atoms with Gasteiger partial charge in [-0.1, -0.05) is 4.13 Å². The van der Waals surface area contributed by atoms with E-state index in [0.717, 1.165) is 6.42 Å². The maximum atomic E-state index is 14.0. The quantitative estimate of drug-likeness (QED) is 0.627. The first-order valence-corrected chi connectivity index (χ1v) is 11.1. The Kier molecular flexibility index (Phi) is 4.79. The van der Waals surface area contributed by atoms with Gasteiger partial charge in [-0.15, -0.1) is 0 Å². The van der Waals surface area contributed by atoms with Crippen molar-refractivity contribution in [2.24, 2.45) is 23.7 Å². The van der Waals surface area contributed by atoms with Gasteiger partial charge in [0.2, 0.25) is 0 Å². The minimum Gasteiger partial charge on any atom is -0.347 e. The molecule has 0 radical (unpaired) electrons. The molecule has 0 spiro atoms. The Bertz CT molecular complexity index is 812. The fraction of sp³-hybridized carbons (Fsp3) is 0.923. The lowest BCUT2D eigenvalue weighted by Crippen LogP contribution is -2.61. The van der Waals surface area contributed by atoms with Crippen LogP contribution in [0.3, 0.4) is 0 Å². The first-order chi connectivity index (χ1) is 12.1. The molecule has 0 aromatic rings. The fourth-order valence-corrected chi connectivity index (χ4v) is 7.02. The van der Waals surface area contributed by atoms with E-state index in [1.165, 1.54) is 0 Å². The Morgan fingerprint density at radius 1 is 0.778 bits per heavy atom. The zero-order chi connectivity index (χ0) is 20.4. The maximum absolute atomic E-state index is 14.0. The van der Waals surface area contributed by atoms with E-state index >= 15 is 0 Å². The molecular weight excluding hydrogens is 423 g/mol. The molecule has 156 valence electrons. The lowest BCUT2D eigenvalue weighted by atomic mass is 9.54. The van der Waals surface area contributed by atoms with Crippen LogP contribution in [0.4, 0.5) is 22.0 Å². The molecule has 4 fully saturated rings. The van der Waals surface area contributed by atoms with Gasteiger partial charge >= 0.3 is 36.7 Å². The molecule has 0 aliphatic heterocycles. The first kappa shape index (κ1) is 20.7. The number of hydrogen-bond acceptors (Lipinski definition) is 5. The molecule has 4 rings (SSSR count). The first-order valence-electron chi connectivity index (χ1n) is 8.17. The molecule has 4 saturated carbocycles. The number of rotatable bonds is 5. The van der Waals surface area contributed by atoms with E-state index in [2.05, 4.69) is 0 Å². The Balaban J connectivity index is 1.75. The Labute approximate surface area is 152 Å². The third-order valence-corrected chi connectivity index (χ3v) is 8.88. The van der Waals surface area contributed by atoms with E-state index in [1.807, 2.05) is 5.32 Å². The highest BCUT2D eigenvalue weighted by molar-refractivity contribution is 8.05. The second kappa shape index (κ2) is 6.24. The monoisotopic (exact) mass is 440 g/mol. The van der Waals surface area contributed by atoms with Gasteiger partial charge in [0, 0.05) is 6.04 Å². The summed E-state index contributed by atoms with van der Waals surface area (Å²) in [5.74, 6) is -1.66. The summed E-state index contributed by atoms with van der Waals surface area (Å²) >= 11 is 0.